The third-order valence-corrected chi connectivity index (χ3v) is 4.19. The molecule has 25 heavy (non-hydrogen) atoms. The second kappa shape index (κ2) is 14.2. The molecule has 0 aromatic heterocycles. The van der Waals surface area contributed by atoms with Crippen molar-refractivity contribution in [1.29, 1.82) is 5.26 Å². The van der Waals surface area contributed by atoms with E-state index in [0.717, 1.165) is 10.5 Å². The third kappa shape index (κ3) is 10.3. The number of nitriles is 1. The number of thioether (sulfide) groups is 1. The van der Waals surface area contributed by atoms with Crippen LogP contribution in [0.1, 0.15) is 44.7 Å². The fourth-order valence-electron chi connectivity index (χ4n) is 1.88. The van der Waals surface area contributed by atoms with Gasteiger partial charge in [-0.15, -0.1) is 0 Å². The minimum Gasteiger partial charge on any atom is -0.508 e. The molecular formula is C22H29NOS. The SMILES string of the molecule is C=C(C#N)Sc1cc(O)ccc1C.CC.CCCCc1ccccc1. The summed E-state index contributed by atoms with van der Waals surface area (Å²) in [6.45, 7) is 11.7. The van der Waals surface area contributed by atoms with E-state index >= 15 is 0 Å². The number of aryl methyl sites for hydroxylation is 2. The number of phenols is 1. The van der Waals surface area contributed by atoms with Gasteiger partial charge in [-0.05, 0) is 43.0 Å². The average molecular weight is 356 g/mol. The monoisotopic (exact) mass is 355 g/mol. The van der Waals surface area contributed by atoms with Crippen LogP contribution in [-0.2, 0) is 6.42 Å². The molecule has 0 unspecified atom stereocenters. The van der Waals surface area contributed by atoms with Crippen LogP contribution in [0.5, 0.6) is 5.75 Å². The van der Waals surface area contributed by atoms with Gasteiger partial charge in [-0.25, -0.2) is 0 Å². The van der Waals surface area contributed by atoms with E-state index < -0.39 is 0 Å². The van der Waals surface area contributed by atoms with Gasteiger partial charge in [0, 0.05) is 4.90 Å². The lowest BCUT2D eigenvalue weighted by atomic mass is 10.1. The van der Waals surface area contributed by atoms with Gasteiger partial charge in [-0.3, -0.25) is 0 Å². The number of hydrogen-bond donors (Lipinski definition) is 1. The molecule has 0 saturated heterocycles. The number of phenolic OH excluding ortho intramolecular Hbond substituents is 1. The first-order valence-corrected chi connectivity index (χ1v) is 9.48. The van der Waals surface area contributed by atoms with Gasteiger partial charge >= 0.3 is 0 Å². The molecule has 2 aromatic carbocycles. The second-order valence-electron chi connectivity index (χ2n) is 5.18. The Balaban J connectivity index is 0.000000430. The summed E-state index contributed by atoms with van der Waals surface area (Å²) >= 11 is 1.27. The summed E-state index contributed by atoms with van der Waals surface area (Å²) in [7, 11) is 0. The van der Waals surface area contributed by atoms with Crippen molar-refractivity contribution < 1.29 is 5.11 Å². The molecule has 0 fully saturated rings. The zero-order valence-electron chi connectivity index (χ0n) is 15.7. The Kier molecular flexibility index (Phi) is 13.0. The molecule has 0 aliphatic rings. The maximum atomic E-state index is 9.20. The van der Waals surface area contributed by atoms with Crippen LogP contribution in [-0.4, -0.2) is 5.11 Å². The van der Waals surface area contributed by atoms with Gasteiger partial charge in [0.25, 0.3) is 0 Å². The van der Waals surface area contributed by atoms with E-state index in [1.807, 2.05) is 32.9 Å². The minimum atomic E-state index is 0.207. The summed E-state index contributed by atoms with van der Waals surface area (Å²) in [5.74, 6) is 0.207. The van der Waals surface area contributed by atoms with Gasteiger partial charge in [-0.2, -0.15) is 5.26 Å². The van der Waals surface area contributed by atoms with Gasteiger partial charge in [0.05, 0.1) is 4.91 Å². The molecule has 3 heteroatoms. The topological polar surface area (TPSA) is 44.0 Å². The molecule has 0 radical (unpaired) electrons. The number of benzene rings is 2. The fraction of sp³-hybridized carbons (Fsp3) is 0.318. The van der Waals surface area contributed by atoms with Crippen molar-refractivity contribution in [2.75, 3.05) is 0 Å². The van der Waals surface area contributed by atoms with Crippen molar-refractivity contribution in [1.82, 2.24) is 0 Å². The molecule has 1 N–H and O–H groups in total. The maximum Gasteiger partial charge on any atom is 0.116 e. The Morgan fingerprint density at radius 2 is 1.80 bits per heavy atom. The summed E-state index contributed by atoms with van der Waals surface area (Å²) in [5.41, 5.74) is 2.49. The van der Waals surface area contributed by atoms with E-state index in [1.54, 1.807) is 12.1 Å². The van der Waals surface area contributed by atoms with Crippen LogP contribution in [0.25, 0.3) is 0 Å². The quantitative estimate of drug-likeness (QED) is 0.469. The van der Waals surface area contributed by atoms with Gasteiger partial charge in [0.2, 0.25) is 0 Å². The molecule has 0 amide bonds. The van der Waals surface area contributed by atoms with Gasteiger partial charge in [0.15, 0.2) is 0 Å². The summed E-state index contributed by atoms with van der Waals surface area (Å²) in [4.78, 5) is 1.29. The number of nitrogens with zero attached hydrogens (tertiary/aromatic N) is 1. The molecular weight excluding hydrogens is 326 g/mol. The normalized spacial score (nSPS) is 8.92. The maximum absolute atomic E-state index is 9.20. The lowest BCUT2D eigenvalue weighted by Crippen LogP contribution is -1.81. The van der Waals surface area contributed by atoms with E-state index in [9.17, 15) is 5.11 Å². The summed E-state index contributed by atoms with van der Waals surface area (Å²) in [6.07, 6.45) is 3.83. The van der Waals surface area contributed by atoms with E-state index in [4.69, 9.17) is 5.26 Å². The Labute approximate surface area is 157 Å². The van der Waals surface area contributed by atoms with Crippen LogP contribution in [0.2, 0.25) is 0 Å². The minimum absolute atomic E-state index is 0.207. The second-order valence-corrected chi connectivity index (χ2v) is 6.31. The first kappa shape index (κ1) is 22.8. The van der Waals surface area contributed by atoms with Crippen molar-refractivity contribution in [3.05, 3.63) is 71.1 Å². The Bertz CT molecular complexity index is 659. The highest BCUT2D eigenvalue weighted by Gasteiger charge is 2.02. The van der Waals surface area contributed by atoms with Gasteiger partial charge < -0.3 is 5.11 Å². The molecule has 2 nitrogen and oxygen atoms in total. The summed E-state index contributed by atoms with van der Waals surface area (Å²) in [6, 6.07) is 17.7. The van der Waals surface area contributed by atoms with Crippen molar-refractivity contribution >= 4 is 11.8 Å². The zero-order chi connectivity index (χ0) is 19.1. The van der Waals surface area contributed by atoms with Crippen LogP contribution in [0, 0.1) is 18.3 Å². The van der Waals surface area contributed by atoms with Crippen molar-refractivity contribution in [2.45, 2.75) is 51.9 Å². The van der Waals surface area contributed by atoms with Crippen LogP contribution in [0.4, 0.5) is 0 Å². The van der Waals surface area contributed by atoms with Gasteiger partial charge in [-0.1, -0.05) is 81.9 Å². The predicted molar refractivity (Wildman–Crippen MR) is 110 cm³/mol. The molecule has 0 spiro atoms. The predicted octanol–water partition coefficient (Wildman–Crippen LogP) is 6.89. The lowest BCUT2D eigenvalue weighted by Gasteiger charge is -2.03. The standard InChI is InChI=1S/C10H9NOS.C10H14.C2H6/c1-7-3-4-9(12)5-10(7)13-8(2)6-11;1-2-3-7-10-8-5-4-6-9-10;1-2/h3-5,12H,2H2,1H3;4-6,8-9H,2-3,7H2,1H3;1-2H3. The molecule has 2 rings (SSSR count). The van der Waals surface area contributed by atoms with Crippen LogP contribution in [0.15, 0.2) is 64.9 Å². The largest absolute Gasteiger partial charge is 0.508 e. The Morgan fingerprint density at radius 3 is 2.36 bits per heavy atom. The number of unbranched alkanes of at least 4 members (excludes halogenated alkanes) is 1. The van der Waals surface area contributed by atoms with Crippen molar-refractivity contribution in [3.8, 4) is 11.8 Å². The highest BCUT2D eigenvalue weighted by Crippen LogP contribution is 2.30. The van der Waals surface area contributed by atoms with Crippen LogP contribution < -0.4 is 0 Å². The fourth-order valence-corrected chi connectivity index (χ4v) is 2.60. The van der Waals surface area contributed by atoms with E-state index in [0.29, 0.717) is 4.91 Å². The first-order valence-electron chi connectivity index (χ1n) is 8.67. The van der Waals surface area contributed by atoms with E-state index in [1.165, 1.54) is 36.6 Å². The highest BCUT2D eigenvalue weighted by atomic mass is 32.2. The first-order chi connectivity index (χ1) is 12.1. The molecule has 0 aliphatic heterocycles. The van der Waals surface area contributed by atoms with Crippen LogP contribution >= 0.6 is 11.8 Å². The molecule has 0 bridgehead atoms. The molecule has 2 aromatic rings. The van der Waals surface area contributed by atoms with Gasteiger partial charge in [0.1, 0.15) is 11.8 Å². The molecule has 0 aliphatic carbocycles. The molecule has 0 saturated carbocycles. The average Bonchev–Trinajstić information content (AvgIpc) is 2.66. The summed E-state index contributed by atoms with van der Waals surface area (Å²) in [5, 5.41) is 17.7. The third-order valence-electron chi connectivity index (χ3n) is 3.19. The van der Waals surface area contributed by atoms with Crippen LogP contribution in [0.3, 0.4) is 0 Å². The Hall–Kier alpha value is -2.18. The number of aromatic hydroxyl groups is 1. The number of allylic oxidation sites excluding steroid dienone is 1. The lowest BCUT2D eigenvalue weighted by molar-refractivity contribution is 0.473. The van der Waals surface area contributed by atoms with Crippen molar-refractivity contribution in [3.63, 3.8) is 0 Å². The molecule has 134 valence electrons. The van der Waals surface area contributed by atoms with E-state index in [2.05, 4.69) is 43.8 Å². The highest BCUT2D eigenvalue weighted by molar-refractivity contribution is 8.03. The van der Waals surface area contributed by atoms with E-state index in [-0.39, 0.29) is 5.75 Å². The molecule has 0 heterocycles. The smallest absolute Gasteiger partial charge is 0.116 e. The molecule has 0 atom stereocenters. The number of hydrogen-bond acceptors (Lipinski definition) is 3. The number of rotatable bonds is 5. The zero-order valence-corrected chi connectivity index (χ0v) is 16.6. The summed E-state index contributed by atoms with van der Waals surface area (Å²) < 4.78 is 0. The van der Waals surface area contributed by atoms with Crippen molar-refractivity contribution in [2.24, 2.45) is 0 Å². The Morgan fingerprint density at radius 1 is 1.16 bits per heavy atom.